The maximum Gasteiger partial charge on any atom is 0.296 e. The van der Waals surface area contributed by atoms with Crippen molar-refractivity contribution < 1.29 is 9.21 Å². The third kappa shape index (κ3) is 3.29. The number of anilines is 1. The molecule has 5 nitrogen and oxygen atoms in total. The van der Waals surface area contributed by atoms with Crippen LogP contribution in [-0.4, -0.2) is 10.9 Å². The van der Waals surface area contributed by atoms with Crippen LogP contribution < -0.4 is 10.3 Å². The molecule has 3 heterocycles. The molecule has 2 aromatic heterocycles. The van der Waals surface area contributed by atoms with Crippen molar-refractivity contribution in [3.05, 3.63) is 102 Å². The molecule has 0 spiro atoms. The Kier molecular flexibility index (Phi) is 4.94. The van der Waals surface area contributed by atoms with E-state index in [1.165, 1.54) is 17.2 Å². The zero-order valence-corrected chi connectivity index (χ0v) is 18.4. The van der Waals surface area contributed by atoms with E-state index < -0.39 is 11.9 Å². The van der Waals surface area contributed by atoms with Crippen LogP contribution >= 0.6 is 46.4 Å². The monoisotopic (exact) mass is 490 g/mol. The first-order valence-corrected chi connectivity index (χ1v) is 10.5. The third-order valence-corrected chi connectivity index (χ3v) is 6.25. The van der Waals surface area contributed by atoms with Gasteiger partial charge in [0.2, 0.25) is 5.76 Å². The Labute approximate surface area is 195 Å². The van der Waals surface area contributed by atoms with Crippen molar-refractivity contribution in [3.63, 3.8) is 0 Å². The first-order valence-electron chi connectivity index (χ1n) is 9.01. The lowest BCUT2D eigenvalue weighted by Crippen LogP contribution is -2.30. The van der Waals surface area contributed by atoms with Crippen LogP contribution in [0.5, 0.6) is 0 Å². The zero-order valence-electron chi connectivity index (χ0n) is 15.4. The summed E-state index contributed by atoms with van der Waals surface area (Å²) >= 11 is 24.4. The number of fused-ring (bicyclic) bond motifs is 2. The van der Waals surface area contributed by atoms with Crippen molar-refractivity contribution in [2.45, 2.75) is 6.04 Å². The normalized spacial score (nSPS) is 15.5. The van der Waals surface area contributed by atoms with E-state index in [0.29, 0.717) is 26.4 Å². The molecule has 0 aliphatic carbocycles. The van der Waals surface area contributed by atoms with Gasteiger partial charge in [-0.05, 0) is 48.0 Å². The second-order valence-electron chi connectivity index (χ2n) is 6.90. The molecule has 4 aromatic rings. The van der Waals surface area contributed by atoms with Crippen LogP contribution in [0.2, 0.25) is 20.1 Å². The van der Waals surface area contributed by atoms with E-state index >= 15 is 0 Å². The SMILES string of the molecule is O=C1c2oc3ccc(Cl)cc3c(=O)c2C(c2ccc(Cl)c(Cl)c2)N1c1ccc(Cl)cn1. The minimum Gasteiger partial charge on any atom is -0.450 e. The molecule has 0 saturated heterocycles. The Balaban J connectivity index is 1.83. The predicted octanol–water partition coefficient (Wildman–Crippen LogP) is 6.55. The molecule has 0 saturated carbocycles. The summed E-state index contributed by atoms with van der Waals surface area (Å²) in [5.41, 5.74) is 0.654. The number of benzene rings is 2. The average molecular weight is 492 g/mol. The molecule has 1 aliphatic rings. The summed E-state index contributed by atoms with van der Waals surface area (Å²) in [6, 6.07) is 12.0. The predicted molar refractivity (Wildman–Crippen MR) is 122 cm³/mol. The topological polar surface area (TPSA) is 63.4 Å². The van der Waals surface area contributed by atoms with E-state index in [-0.39, 0.29) is 32.7 Å². The smallest absolute Gasteiger partial charge is 0.296 e. The van der Waals surface area contributed by atoms with Crippen molar-refractivity contribution in [2.24, 2.45) is 0 Å². The van der Waals surface area contributed by atoms with E-state index in [9.17, 15) is 9.59 Å². The van der Waals surface area contributed by atoms with Gasteiger partial charge in [-0.2, -0.15) is 0 Å². The molecule has 1 amide bonds. The first-order chi connectivity index (χ1) is 14.8. The molecular formula is C22H10Cl4N2O3. The Morgan fingerprint density at radius 2 is 1.65 bits per heavy atom. The van der Waals surface area contributed by atoms with Crippen LogP contribution in [0.1, 0.15) is 27.7 Å². The number of pyridine rings is 1. The maximum absolute atomic E-state index is 13.5. The molecule has 1 unspecified atom stereocenters. The average Bonchev–Trinajstić information content (AvgIpc) is 3.04. The molecule has 2 aromatic carbocycles. The van der Waals surface area contributed by atoms with Crippen molar-refractivity contribution in [1.29, 1.82) is 0 Å². The summed E-state index contributed by atoms with van der Waals surface area (Å²) < 4.78 is 5.87. The lowest BCUT2D eigenvalue weighted by molar-refractivity contribution is 0.0970. The number of halogens is 4. The number of hydrogen-bond acceptors (Lipinski definition) is 4. The van der Waals surface area contributed by atoms with Crippen LogP contribution in [0.15, 0.2) is 63.9 Å². The van der Waals surface area contributed by atoms with Gasteiger partial charge in [0.15, 0.2) is 5.43 Å². The second-order valence-corrected chi connectivity index (χ2v) is 8.59. The Hall–Kier alpha value is -2.57. The Bertz CT molecular complexity index is 1430. The van der Waals surface area contributed by atoms with Crippen LogP contribution in [0.3, 0.4) is 0 Å². The second kappa shape index (κ2) is 7.53. The summed E-state index contributed by atoms with van der Waals surface area (Å²) in [7, 11) is 0. The van der Waals surface area contributed by atoms with Crippen molar-refractivity contribution in [1.82, 2.24) is 4.98 Å². The highest BCUT2D eigenvalue weighted by Gasteiger charge is 2.44. The zero-order chi connectivity index (χ0) is 21.9. The van der Waals surface area contributed by atoms with E-state index in [1.807, 2.05) is 0 Å². The minimum absolute atomic E-state index is 0.0624. The maximum atomic E-state index is 13.5. The number of rotatable bonds is 2. The van der Waals surface area contributed by atoms with E-state index in [0.717, 1.165) is 0 Å². The lowest BCUT2D eigenvalue weighted by Gasteiger charge is -2.24. The van der Waals surface area contributed by atoms with Crippen molar-refractivity contribution in [3.8, 4) is 0 Å². The molecule has 0 radical (unpaired) electrons. The van der Waals surface area contributed by atoms with Gasteiger partial charge < -0.3 is 4.42 Å². The number of aromatic nitrogens is 1. The molecule has 0 bridgehead atoms. The fourth-order valence-corrected chi connectivity index (χ4v) is 4.28. The Morgan fingerprint density at radius 1 is 0.871 bits per heavy atom. The highest BCUT2D eigenvalue weighted by atomic mass is 35.5. The van der Waals surface area contributed by atoms with Gasteiger partial charge in [-0.25, -0.2) is 4.98 Å². The molecule has 1 aliphatic heterocycles. The van der Waals surface area contributed by atoms with Crippen LogP contribution in [0.25, 0.3) is 11.0 Å². The number of carbonyl (C=O) groups excluding carboxylic acids is 1. The van der Waals surface area contributed by atoms with Gasteiger partial charge in [0, 0.05) is 11.2 Å². The number of carbonyl (C=O) groups is 1. The summed E-state index contributed by atoms with van der Waals surface area (Å²) in [4.78, 5) is 32.6. The highest BCUT2D eigenvalue weighted by molar-refractivity contribution is 6.42. The molecular weight excluding hydrogens is 482 g/mol. The molecule has 154 valence electrons. The lowest BCUT2D eigenvalue weighted by atomic mass is 9.98. The minimum atomic E-state index is -0.828. The summed E-state index contributed by atoms with van der Waals surface area (Å²) in [6.07, 6.45) is 1.42. The van der Waals surface area contributed by atoms with Gasteiger partial charge in [-0.15, -0.1) is 0 Å². The van der Waals surface area contributed by atoms with Gasteiger partial charge in [-0.1, -0.05) is 52.5 Å². The third-order valence-electron chi connectivity index (χ3n) is 5.05. The quantitative estimate of drug-likeness (QED) is 0.319. The number of nitrogens with zero attached hydrogens (tertiary/aromatic N) is 2. The van der Waals surface area contributed by atoms with Gasteiger partial charge in [-0.3, -0.25) is 14.5 Å². The number of amides is 1. The first kappa shape index (κ1) is 20.3. The summed E-state index contributed by atoms with van der Waals surface area (Å²) in [5, 5.41) is 1.70. The number of hydrogen-bond donors (Lipinski definition) is 0. The molecule has 9 heteroatoms. The molecule has 31 heavy (non-hydrogen) atoms. The van der Waals surface area contributed by atoms with Crippen LogP contribution in [0.4, 0.5) is 5.82 Å². The van der Waals surface area contributed by atoms with E-state index in [4.69, 9.17) is 50.8 Å². The van der Waals surface area contributed by atoms with Crippen LogP contribution in [0, 0.1) is 0 Å². The molecule has 0 N–H and O–H groups in total. The highest BCUT2D eigenvalue weighted by Crippen LogP contribution is 2.42. The van der Waals surface area contributed by atoms with Gasteiger partial charge in [0.05, 0.1) is 32.1 Å². The fourth-order valence-electron chi connectivity index (χ4n) is 3.69. The van der Waals surface area contributed by atoms with E-state index in [2.05, 4.69) is 4.98 Å². The standard InChI is InChI=1S/C22H10Cl4N2O3/c23-11-2-5-16-13(8-11)20(29)18-19(10-1-4-14(25)15(26)7-10)28(22(30)21(18)31-16)17-6-3-12(24)9-27-17/h1-9,19H. The Morgan fingerprint density at radius 3 is 2.35 bits per heavy atom. The molecule has 0 fully saturated rings. The van der Waals surface area contributed by atoms with E-state index in [1.54, 1.807) is 42.5 Å². The molecule has 5 rings (SSSR count). The van der Waals surface area contributed by atoms with Crippen LogP contribution in [-0.2, 0) is 0 Å². The van der Waals surface area contributed by atoms with Gasteiger partial charge in [0.25, 0.3) is 5.91 Å². The molecule has 1 atom stereocenters. The summed E-state index contributed by atoms with van der Waals surface area (Å²) in [6.45, 7) is 0. The summed E-state index contributed by atoms with van der Waals surface area (Å²) in [5.74, 6) is -0.263. The fraction of sp³-hybridized carbons (Fsp3) is 0.0455. The largest absolute Gasteiger partial charge is 0.450 e. The van der Waals surface area contributed by atoms with Crippen molar-refractivity contribution >= 4 is 69.1 Å². The van der Waals surface area contributed by atoms with Gasteiger partial charge in [0.1, 0.15) is 11.4 Å². The van der Waals surface area contributed by atoms with Gasteiger partial charge >= 0.3 is 0 Å². The van der Waals surface area contributed by atoms with Crippen molar-refractivity contribution in [2.75, 3.05) is 4.90 Å².